The fourth-order valence-electron chi connectivity index (χ4n) is 2.52. The molecular weight excluding hydrogens is 348 g/mol. The number of aromatic nitrogens is 1. The number of pyridine rings is 1. The topological polar surface area (TPSA) is 42.0 Å². The van der Waals surface area contributed by atoms with Gasteiger partial charge < -0.3 is 5.32 Å². The number of alkyl halides is 3. The number of carbonyl (C=O) groups is 1. The molecule has 1 amide bonds. The zero-order valence-corrected chi connectivity index (χ0v) is 13.3. The number of fused-ring (bicyclic) bond motifs is 1. The van der Waals surface area contributed by atoms with Crippen LogP contribution in [0.15, 0.2) is 61.3 Å². The minimum absolute atomic E-state index is 0.197. The van der Waals surface area contributed by atoms with Gasteiger partial charge in [-0.2, -0.15) is 13.2 Å². The van der Waals surface area contributed by atoms with Gasteiger partial charge in [-0.05, 0) is 30.3 Å². The fourth-order valence-corrected chi connectivity index (χ4v) is 2.52. The van der Waals surface area contributed by atoms with E-state index in [0.29, 0.717) is 22.5 Å². The molecule has 0 atom stereocenters. The number of nitrogens with one attached hydrogen (secondary N) is 1. The summed E-state index contributed by atoms with van der Waals surface area (Å²) in [6.45, 7) is 3.38. The molecule has 0 spiro atoms. The summed E-state index contributed by atoms with van der Waals surface area (Å²) in [7, 11) is 0. The minimum atomic E-state index is -4.76. The molecule has 3 aromatic rings. The number of rotatable bonds is 3. The number of halogens is 4. The molecule has 0 saturated heterocycles. The summed E-state index contributed by atoms with van der Waals surface area (Å²) in [5.41, 5.74) is -0.364. The molecule has 0 unspecified atom stereocenters. The smallest absolute Gasteiger partial charge is 0.322 e. The lowest BCUT2D eigenvalue weighted by Crippen LogP contribution is -2.08. The van der Waals surface area contributed by atoms with Crippen molar-refractivity contribution in [3.8, 4) is 11.3 Å². The maximum absolute atomic E-state index is 13.8. The highest BCUT2D eigenvalue weighted by Crippen LogP contribution is 2.34. The number of anilines is 1. The molecule has 3 nitrogen and oxygen atoms in total. The molecule has 7 heteroatoms. The summed E-state index contributed by atoms with van der Waals surface area (Å²) in [6, 6.07) is 9.37. The van der Waals surface area contributed by atoms with Crippen molar-refractivity contribution in [3.05, 3.63) is 72.7 Å². The van der Waals surface area contributed by atoms with Crippen LogP contribution in [0.1, 0.15) is 5.56 Å². The highest BCUT2D eigenvalue weighted by molar-refractivity contribution is 6.06. The third-order valence-electron chi connectivity index (χ3n) is 3.78. The van der Waals surface area contributed by atoms with Crippen LogP contribution in [-0.4, -0.2) is 10.9 Å². The standard InChI is InChI=1S/C19H12F4N2O/c1-2-18(26)25-16-5-3-4-12-10-24-17(9-13(12)16)11-6-7-14(15(20)8-11)19(21,22)23/h2-10H,1H2,(H,25,26). The van der Waals surface area contributed by atoms with Gasteiger partial charge in [-0.1, -0.05) is 24.8 Å². The quantitative estimate of drug-likeness (QED) is 0.516. The maximum Gasteiger partial charge on any atom is 0.419 e. The van der Waals surface area contributed by atoms with Crippen molar-refractivity contribution >= 4 is 22.4 Å². The largest absolute Gasteiger partial charge is 0.419 e. The zero-order chi connectivity index (χ0) is 18.9. The van der Waals surface area contributed by atoms with Crippen molar-refractivity contribution in [2.75, 3.05) is 5.32 Å². The van der Waals surface area contributed by atoms with Gasteiger partial charge in [0.15, 0.2) is 0 Å². The second-order valence-corrected chi connectivity index (χ2v) is 5.48. The van der Waals surface area contributed by atoms with E-state index in [0.717, 1.165) is 18.2 Å². The van der Waals surface area contributed by atoms with Crippen LogP contribution in [0.5, 0.6) is 0 Å². The Labute approximate surface area is 146 Å². The van der Waals surface area contributed by atoms with Gasteiger partial charge in [0.1, 0.15) is 5.82 Å². The van der Waals surface area contributed by atoms with Gasteiger partial charge in [-0.15, -0.1) is 0 Å². The molecule has 0 bridgehead atoms. The SMILES string of the molecule is C=CC(=O)Nc1cccc2cnc(-c3ccc(C(F)(F)F)c(F)c3)cc12. The molecular formula is C19H12F4N2O. The van der Waals surface area contributed by atoms with Crippen LogP contribution < -0.4 is 5.32 Å². The van der Waals surface area contributed by atoms with Crippen molar-refractivity contribution < 1.29 is 22.4 Å². The van der Waals surface area contributed by atoms with E-state index < -0.39 is 23.5 Å². The Morgan fingerprint density at radius 3 is 2.58 bits per heavy atom. The van der Waals surface area contributed by atoms with Gasteiger partial charge in [0.25, 0.3) is 0 Å². The summed E-state index contributed by atoms with van der Waals surface area (Å²) >= 11 is 0. The summed E-state index contributed by atoms with van der Waals surface area (Å²) in [5.74, 6) is -1.78. The third-order valence-corrected chi connectivity index (χ3v) is 3.78. The molecule has 0 aliphatic rings. The van der Waals surface area contributed by atoms with E-state index in [1.807, 2.05) is 0 Å². The van der Waals surface area contributed by atoms with E-state index in [9.17, 15) is 22.4 Å². The van der Waals surface area contributed by atoms with Crippen LogP contribution in [0.25, 0.3) is 22.0 Å². The Kier molecular flexibility index (Phi) is 4.46. The Morgan fingerprint density at radius 1 is 1.15 bits per heavy atom. The number of amides is 1. The Balaban J connectivity index is 2.09. The number of hydrogen-bond acceptors (Lipinski definition) is 2. The Hall–Kier alpha value is -3.22. The fraction of sp³-hybridized carbons (Fsp3) is 0.0526. The molecule has 1 aromatic heterocycles. The molecule has 26 heavy (non-hydrogen) atoms. The number of nitrogens with zero attached hydrogens (tertiary/aromatic N) is 1. The average Bonchev–Trinajstić information content (AvgIpc) is 2.60. The summed E-state index contributed by atoms with van der Waals surface area (Å²) < 4.78 is 51.9. The molecule has 0 radical (unpaired) electrons. The van der Waals surface area contributed by atoms with Crippen LogP contribution >= 0.6 is 0 Å². The lowest BCUT2D eigenvalue weighted by atomic mass is 10.0. The predicted octanol–water partition coefficient (Wildman–Crippen LogP) is 5.18. The molecule has 0 saturated carbocycles. The first-order chi connectivity index (χ1) is 12.3. The average molecular weight is 360 g/mol. The molecule has 0 fully saturated rings. The molecule has 1 N–H and O–H groups in total. The third kappa shape index (κ3) is 3.42. The Morgan fingerprint density at radius 2 is 1.92 bits per heavy atom. The van der Waals surface area contributed by atoms with Gasteiger partial charge in [-0.25, -0.2) is 4.39 Å². The first-order valence-corrected chi connectivity index (χ1v) is 7.49. The maximum atomic E-state index is 13.8. The van der Waals surface area contributed by atoms with Crippen LogP contribution in [0.4, 0.5) is 23.2 Å². The first kappa shape index (κ1) is 17.6. The normalized spacial score (nSPS) is 11.4. The molecule has 0 aliphatic carbocycles. The zero-order valence-electron chi connectivity index (χ0n) is 13.3. The number of benzene rings is 2. The molecule has 132 valence electrons. The van der Waals surface area contributed by atoms with Gasteiger partial charge in [0.2, 0.25) is 5.91 Å². The number of carbonyl (C=O) groups excluding carboxylic acids is 1. The van der Waals surface area contributed by atoms with Gasteiger partial charge in [0.05, 0.1) is 11.3 Å². The van der Waals surface area contributed by atoms with Crippen molar-refractivity contribution in [1.29, 1.82) is 0 Å². The summed E-state index contributed by atoms with van der Waals surface area (Å²) in [5, 5.41) is 3.98. The second kappa shape index (κ2) is 6.59. The van der Waals surface area contributed by atoms with Crippen molar-refractivity contribution in [2.45, 2.75) is 6.18 Å². The van der Waals surface area contributed by atoms with Crippen molar-refractivity contribution in [3.63, 3.8) is 0 Å². The van der Waals surface area contributed by atoms with Gasteiger partial charge in [0, 0.05) is 28.2 Å². The van der Waals surface area contributed by atoms with Crippen LogP contribution in [-0.2, 0) is 11.0 Å². The lowest BCUT2D eigenvalue weighted by molar-refractivity contribution is -0.140. The monoisotopic (exact) mass is 360 g/mol. The Bertz CT molecular complexity index is 1010. The van der Waals surface area contributed by atoms with Crippen LogP contribution in [0.3, 0.4) is 0 Å². The lowest BCUT2D eigenvalue weighted by Gasteiger charge is -2.11. The summed E-state index contributed by atoms with van der Waals surface area (Å²) in [6.07, 6.45) is -2.14. The van der Waals surface area contributed by atoms with Gasteiger partial charge >= 0.3 is 6.18 Å². The molecule has 1 heterocycles. The molecule has 0 aliphatic heterocycles. The van der Waals surface area contributed by atoms with Crippen molar-refractivity contribution in [1.82, 2.24) is 4.98 Å². The van der Waals surface area contributed by atoms with Crippen LogP contribution in [0, 0.1) is 5.82 Å². The number of hydrogen-bond donors (Lipinski definition) is 1. The van der Waals surface area contributed by atoms with E-state index in [1.165, 1.54) is 6.20 Å². The van der Waals surface area contributed by atoms with E-state index in [4.69, 9.17) is 0 Å². The second-order valence-electron chi connectivity index (χ2n) is 5.48. The van der Waals surface area contributed by atoms with E-state index in [2.05, 4.69) is 16.9 Å². The highest BCUT2D eigenvalue weighted by atomic mass is 19.4. The predicted molar refractivity (Wildman–Crippen MR) is 91.0 cm³/mol. The van der Waals surface area contributed by atoms with Crippen LogP contribution in [0.2, 0.25) is 0 Å². The van der Waals surface area contributed by atoms with E-state index >= 15 is 0 Å². The molecule has 3 rings (SSSR count). The van der Waals surface area contributed by atoms with Gasteiger partial charge in [-0.3, -0.25) is 9.78 Å². The summed E-state index contributed by atoms with van der Waals surface area (Å²) in [4.78, 5) is 15.7. The molecule has 2 aromatic carbocycles. The van der Waals surface area contributed by atoms with E-state index in [-0.39, 0.29) is 11.3 Å². The first-order valence-electron chi connectivity index (χ1n) is 7.49. The van der Waals surface area contributed by atoms with Crippen molar-refractivity contribution in [2.24, 2.45) is 0 Å². The highest BCUT2D eigenvalue weighted by Gasteiger charge is 2.34. The minimum Gasteiger partial charge on any atom is -0.322 e. The van der Waals surface area contributed by atoms with E-state index in [1.54, 1.807) is 24.3 Å².